The maximum absolute atomic E-state index is 12.1. The smallest absolute Gasteiger partial charge is 0.306 e. The Morgan fingerprint density at radius 3 is 2.24 bits per heavy atom. The van der Waals surface area contributed by atoms with Crippen LogP contribution < -0.4 is 5.32 Å². The molecule has 1 amide bonds. The Hall–Kier alpha value is -1.11. The van der Waals surface area contributed by atoms with Gasteiger partial charge in [0.1, 0.15) is 5.75 Å². The van der Waals surface area contributed by atoms with E-state index in [1.807, 2.05) is 20.8 Å². The lowest BCUT2D eigenvalue weighted by Gasteiger charge is -2.18. The van der Waals surface area contributed by atoms with Crippen molar-refractivity contribution in [3.63, 3.8) is 0 Å². The molecule has 21 heavy (non-hydrogen) atoms. The molecule has 0 bridgehead atoms. The topological polar surface area (TPSA) is 89.5 Å². The first-order chi connectivity index (χ1) is 9.59. The molecule has 6 nitrogen and oxygen atoms in total. The number of hydrogen-bond donors (Lipinski definition) is 1. The summed E-state index contributed by atoms with van der Waals surface area (Å²) in [4.78, 5) is 23.1. The lowest BCUT2D eigenvalue weighted by Crippen LogP contribution is -2.40. The SMILES string of the molecule is COC(=O)CC1(CS(=O)(=O)CC(=O)NC(C)C(C)C)CC1. The molecule has 0 heterocycles. The van der Waals surface area contributed by atoms with Gasteiger partial charge in [-0.2, -0.15) is 0 Å². The van der Waals surface area contributed by atoms with Gasteiger partial charge in [0.15, 0.2) is 9.84 Å². The highest BCUT2D eigenvalue weighted by Gasteiger charge is 2.48. The Balaban J connectivity index is 2.54. The number of carbonyl (C=O) groups is 2. The Kier molecular flexibility index (Phi) is 5.78. The number of carbonyl (C=O) groups excluding carboxylic acids is 2. The third-order valence-corrected chi connectivity index (χ3v) is 5.72. The molecule has 1 N–H and O–H groups in total. The third-order valence-electron chi connectivity index (χ3n) is 3.97. The Morgan fingerprint density at radius 1 is 1.24 bits per heavy atom. The minimum absolute atomic E-state index is 0.0716. The first kappa shape index (κ1) is 17.9. The molecule has 1 rings (SSSR count). The number of sulfone groups is 1. The van der Waals surface area contributed by atoms with Gasteiger partial charge < -0.3 is 10.1 Å². The quantitative estimate of drug-likeness (QED) is 0.672. The van der Waals surface area contributed by atoms with E-state index in [1.165, 1.54) is 7.11 Å². The fourth-order valence-corrected chi connectivity index (χ4v) is 4.02. The second kappa shape index (κ2) is 6.77. The molecular weight excluding hydrogens is 294 g/mol. The van der Waals surface area contributed by atoms with E-state index < -0.39 is 32.9 Å². The predicted octanol–water partition coefficient (Wildman–Crippen LogP) is 0.905. The van der Waals surface area contributed by atoms with Crippen molar-refractivity contribution in [2.75, 3.05) is 18.6 Å². The zero-order valence-corrected chi connectivity index (χ0v) is 14.0. The highest BCUT2D eigenvalue weighted by atomic mass is 32.2. The first-order valence-corrected chi connectivity index (χ1v) is 8.98. The van der Waals surface area contributed by atoms with E-state index in [2.05, 4.69) is 10.1 Å². The van der Waals surface area contributed by atoms with Crippen LogP contribution >= 0.6 is 0 Å². The van der Waals surface area contributed by atoms with Crippen molar-refractivity contribution in [1.29, 1.82) is 0 Å². The molecule has 0 radical (unpaired) electrons. The van der Waals surface area contributed by atoms with E-state index in [-0.39, 0.29) is 24.1 Å². The third kappa shape index (κ3) is 6.03. The highest BCUT2D eigenvalue weighted by molar-refractivity contribution is 7.92. The van der Waals surface area contributed by atoms with Crippen molar-refractivity contribution >= 4 is 21.7 Å². The normalized spacial score (nSPS) is 18.1. The molecule has 0 spiro atoms. The van der Waals surface area contributed by atoms with Crippen LogP contribution in [0.4, 0.5) is 0 Å². The van der Waals surface area contributed by atoms with Gasteiger partial charge in [0.05, 0.1) is 19.3 Å². The van der Waals surface area contributed by atoms with Gasteiger partial charge >= 0.3 is 5.97 Å². The fourth-order valence-electron chi connectivity index (χ4n) is 2.11. The average Bonchev–Trinajstić information content (AvgIpc) is 3.05. The molecule has 0 aliphatic heterocycles. The number of nitrogens with one attached hydrogen (secondary N) is 1. The summed E-state index contributed by atoms with van der Waals surface area (Å²) in [6.45, 7) is 5.75. The molecule has 1 unspecified atom stereocenters. The summed E-state index contributed by atoms with van der Waals surface area (Å²) >= 11 is 0. The van der Waals surface area contributed by atoms with E-state index in [4.69, 9.17) is 0 Å². The van der Waals surface area contributed by atoms with Crippen LogP contribution in [0.15, 0.2) is 0 Å². The number of ether oxygens (including phenoxy) is 1. The summed E-state index contributed by atoms with van der Waals surface area (Å²) in [6, 6.07) is -0.0716. The molecule has 0 aromatic carbocycles. The number of esters is 1. The minimum Gasteiger partial charge on any atom is -0.469 e. The van der Waals surface area contributed by atoms with E-state index in [1.54, 1.807) is 0 Å². The summed E-state index contributed by atoms with van der Waals surface area (Å²) in [6.07, 6.45) is 1.48. The lowest BCUT2D eigenvalue weighted by molar-refractivity contribution is -0.141. The summed E-state index contributed by atoms with van der Waals surface area (Å²) in [5.74, 6) is -1.29. The second-order valence-electron chi connectivity index (χ2n) is 6.39. The molecule has 0 saturated heterocycles. The van der Waals surface area contributed by atoms with E-state index >= 15 is 0 Å². The van der Waals surface area contributed by atoms with Gasteiger partial charge in [0.2, 0.25) is 5.91 Å². The van der Waals surface area contributed by atoms with Gasteiger partial charge in [-0.1, -0.05) is 13.8 Å². The van der Waals surface area contributed by atoms with Crippen molar-refractivity contribution in [3.8, 4) is 0 Å². The molecule has 1 atom stereocenters. The Bertz CT molecular complexity index is 493. The number of hydrogen-bond acceptors (Lipinski definition) is 5. The van der Waals surface area contributed by atoms with E-state index in [0.29, 0.717) is 12.8 Å². The number of amides is 1. The molecule has 122 valence electrons. The summed E-state index contributed by atoms with van der Waals surface area (Å²) < 4.78 is 28.8. The predicted molar refractivity (Wildman–Crippen MR) is 79.4 cm³/mol. The van der Waals surface area contributed by atoms with Crippen LogP contribution in [-0.4, -0.2) is 45.0 Å². The molecule has 0 aromatic rings. The van der Waals surface area contributed by atoms with Crippen LogP contribution in [0.3, 0.4) is 0 Å². The fraction of sp³-hybridized carbons (Fsp3) is 0.857. The van der Waals surface area contributed by atoms with Gasteiger partial charge in [-0.25, -0.2) is 8.42 Å². The Labute approximate surface area is 126 Å². The number of rotatable bonds is 8. The molecule has 1 saturated carbocycles. The second-order valence-corrected chi connectivity index (χ2v) is 8.45. The van der Waals surface area contributed by atoms with E-state index in [0.717, 1.165) is 0 Å². The van der Waals surface area contributed by atoms with Gasteiger partial charge in [-0.05, 0) is 31.1 Å². The molecule has 7 heteroatoms. The molecule has 1 aliphatic rings. The van der Waals surface area contributed by atoms with E-state index in [9.17, 15) is 18.0 Å². The molecule has 1 aliphatic carbocycles. The summed E-state index contributed by atoms with van der Waals surface area (Å²) in [7, 11) is -2.24. The summed E-state index contributed by atoms with van der Waals surface area (Å²) in [5, 5.41) is 2.68. The van der Waals surface area contributed by atoms with Crippen LogP contribution in [0.1, 0.15) is 40.0 Å². The Morgan fingerprint density at radius 2 is 1.81 bits per heavy atom. The summed E-state index contributed by atoms with van der Waals surface area (Å²) in [5.41, 5.74) is -0.518. The van der Waals surface area contributed by atoms with Gasteiger partial charge in [-0.3, -0.25) is 9.59 Å². The van der Waals surface area contributed by atoms with Crippen LogP contribution in [-0.2, 0) is 24.2 Å². The van der Waals surface area contributed by atoms with Crippen molar-refractivity contribution in [1.82, 2.24) is 5.32 Å². The van der Waals surface area contributed by atoms with Crippen molar-refractivity contribution in [2.24, 2.45) is 11.3 Å². The van der Waals surface area contributed by atoms with Crippen LogP contribution in [0.2, 0.25) is 0 Å². The molecule has 0 aromatic heterocycles. The number of methoxy groups -OCH3 is 1. The monoisotopic (exact) mass is 319 g/mol. The van der Waals surface area contributed by atoms with Crippen LogP contribution in [0.5, 0.6) is 0 Å². The van der Waals surface area contributed by atoms with Crippen molar-refractivity contribution in [2.45, 2.75) is 46.1 Å². The maximum atomic E-state index is 12.1. The van der Waals surface area contributed by atoms with Crippen molar-refractivity contribution in [3.05, 3.63) is 0 Å². The van der Waals surface area contributed by atoms with Crippen molar-refractivity contribution < 1.29 is 22.7 Å². The zero-order chi connectivity index (χ0) is 16.3. The highest BCUT2D eigenvalue weighted by Crippen LogP contribution is 2.50. The van der Waals surface area contributed by atoms with Gasteiger partial charge in [-0.15, -0.1) is 0 Å². The van der Waals surface area contributed by atoms with Gasteiger partial charge in [0, 0.05) is 6.04 Å². The molecular formula is C14H25NO5S. The molecule has 1 fully saturated rings. The maximum Gasteiger partial charge on any atom is 0.306 e. The van der Waals surface area contributed by atoms with Crippen LogP contribution in [0, 0.1) is 11.3 Å². The average molecular weight is 319 g/mol. The lowest BCUT2D eigenvalue weighted by atomic mass is 10.1. The standard InChI is InChI=1S/C14H25NO5S/c1-10(2)11(3)15-12(16)8-21(18,19)9-14(5-6-14)7-13(17)20-4/h10-11H,5-9H2,1-4H3,(H,15,16). The zero-order valence-electron chi connectivity index (χ0n) is 13.1. The minimum atomic E-state index is -3.52. The largest absolute Gasteiger partial charge is 0.469 e. The van der Waals surface area contributed by atoms with Gasteiger partial charge in [0.25, 0.3) is 0 Å². The van der Waals surface area contributed by atoms with Crippen LogP contribution in [0.25, 0.3) is 0 Å². The first-order valence-electron chi connectivity index (χ1n) is 7.16.